The molecular weight excluding hydrogens is 366 g/mol. The highest BCUT2D eigenvalue weighted by Gasteiger charge is 2.36. The van der Waals surface area contributed by atoms with Crippen LogP contribution in [-0.4, -0.2) is 35.5 Å². The Morgan fingerprint density at radius 3 is 2.55 bits per heavy atom. The van der Waals surface area contributed by atoms with Crippen LogP contribution in [0.5, 0.6) is 5.88 Å². The number of aryl methyl sites for hydroxylation is 1. The van der Waals surface area contributed by atoms with Crippen molar-refractivity contribution >= 4 is 17.5 Å². The van der Waals surface area contributed by atoms with Crippen molar-refractivity contribution in [2.24, 2.45) is 5.92 Å². The highest BCUT2D eigenvalue weighted by Crippen LogP contribution is 2.27. The second-order valence-corrected chi connectivity index (χ2v) is 8.01. The number of pyridine rings is 1. The van der Waals surface area contributed by atoms with Crippen molar-refractivity contribution in [1.82, 2.24) is 10.3 Å². The van der Waals surface area contributed by atoms with Crippen LogP contribution in [0.3, 0.4) is 0 Å². The maximum Gasteiger partial charge on any atom is 0.227 e. The summed E-state index contributed by atoms with van der Waals surface area (Å²) < 4.78 is 5.97. The van der Waals surface area contributed by atoms with Gasteiger partial charge in [-0.3, -0.25) is 9.59 Å². The van der Waals surface area contributed by atoms with Gasteiger partial charge in [0.15, 0.2) is 0 Å². The molecule has 1 aliphatic heterocycles. The second kappa shape index (κ2) is 8.64. The molecule has 1 aliphatic carbocycles. The number of amides is 2. The first kappa shape index (κ1) is 19.4. The molecule has 2 amide bonds. The van der Waals surface area contributed by atoms with Crippen molar-refractivity contribution in [2.75, 3.05) is 11.4 Å². The zero-order valence-corrected chi connectivity index (χ0v) is 16.7. The summed E-state index contributed by atoms with van der Waals surface area (Å²) in [7, 11) is 0. The fourth-order valence-electron chi connectivity index (χ4n) is 4.08. The van der Waals surface area contributed by atoms with Crippen molar-refractivity contribution in [2.45, 2.75) is 51.2 Å². The number of hydrogen-bond acceptors (Lipinski definition) is 4. The van der Waals surface area contributed by atoms with Crippen LogP contribution in [0.25, 0.3) is 0 Å². The van der Waals surface area contributed by atoms with Gasteiger partial charge in [0, 0.05) is 37.0 Å². The molecule has 6 heteroatoms. The standard InChI is InChI=1S/C23H27N3O3/c1-16-7-12-21(24-14-16)29-20-10-8-18(9-11-20)25-23(28)17-13-22(27)26(15-17)19-5-3-2-4-6-19/h2-7,12,14,17-18,20H,8-11,13,15H2,1H3,(H,25,28). The summed E-state index contributed by atoms with van der Waals surface area (Å²) >= 11 is 0. The Morgan fingerprint density at radius 1 is 1.10 bits per heavy atom. The molecule has 1 aromatic heterocycles. The van der Waals surface area contributed by atoms with Crippen LogP contribution in [0.4, 0.5) is 5.69 Å². The van der Waals surface area contributed by atoms with Gasteiger partial charge in [0.2, 0.25) is 17.7 Å². The van der Waals surface area contributed by atoms with Gasteiger partial charge in [-0.25, -0.2) is 4.98 Å². The third-order valence-corrected chi connectivity index (χ3v) is 5.76. The highest BCUT2D eigenvalue weighted by atomic mass is 16.5. The molecular formula is C23H27N3O3. The summed E-state index contributed by atoms with van der Waals surface area (Å²) in [6.07, 6.45) is 5.76. The summed E-state index contributed by atoms with van der Waals surface area (Å²) in [5.74, 6) is 0.377. The van der Waals surface area contributed by atoms with E-state index in [1.165, 1.54) is 0 Å². The average Bonchev–Trinajstić information content (AvgIpc) is 3.14. The van der Waals surface area contributed by atoms with Crippen molar-refractivity contribution < 1.29 is 14.3 Å². The molecule has 4 rings (SSSR count). The fourth-order valence-corrected chi connectivity index (χ4v) is 4.08. The van der Waals surface area contributed by atoms with Crippen molar-refractivity contribution in [3.05, 3.63) is 54.2 Å². The lowest BCUT2D eigenvalue weighted by Crippen LogP contribution is -2.43. The molecule has 1 unspecified atom stereocenters. The second-order valence-electron chi connectivity index (χ2n) is 8.01. The van der Waals surface area contributed by atoms with Crippen LogP contribution in [-0.2, 0) is 9.59 Å². The molecule has 2 heterocycles. The van der Waals surface area contributed by atoms with Gasteiger partial charge in [-0.1, -0.05) is 24.3 Å². The Morgan fingerprint density at radius 2 is 1.86 bits per heavy atom. The predicted octanol–water partition coefficient (Wildman–Crippen LogP) is 3.25. The number of hydrogen-bond donors (Lipinski definition) is 1. The Balaban J connectivity index is 1.25. The number of rotatable bonds is 5. The molecule has 2 aliphatic rings. The molecule has 6 nitrogen and oxygen atoms in total. The van der Waals surface area contributed by atoms with E-state index in [0.717, 1.165) is 36.9 Å². The van der Waals surface area contributed by atoms with E-state index in [1.807, 2.05) is 55.6 Å². The van der Waals surface area contributed by atoms with E-state index in [9.17, 15) is 9.59 Å². The molecule has 1 saturated carbocycles. The zero-order chi connectivity index (χ0) is 20.2. The van der Waals surface area contributed by atoms with Crippen LogP contribution in [0.1, 0.15) is 37.7 Å². The third kappa shape index (κ3) is 4.75. The lowest BCUT2D eigenvalue weighted by atomic mass is 9.92. The van der Waals surface area contributed by atoms with Gasteiger partial charge in [0.05, 0.1) is 5.92 Å². The predicted molar refractivity (Wildman–Crippen MR) is 111 cm³/mol. The van der Waals surface area contributed by atoms with Gasteiger partial charge >= 0.3 is 0 Å². The Bertz CT molecular complexity index is 845. The summed E-state index contributed by atoms with van der Waals surface area (Å²) in [5.41, 5.74) is 1.97. The molecule has 1 N–H and O–H groups in total. The van der Waals surface area contributed by atoms with Crippen molar-refractivity contribution in [3.8, 4) is 5.88 Å². The number of carbonyl (C=O) groups excluding carboxylic acids is 2. The monoisotopic (exact) mass is 393 g/mol. The highest BCUT2D eigenvalue weighted by molar-refractivity contribution is 6.00. The third-order valence-electron chi connectivity index (χ3n) is 5.76. The first-order chi connectivity index (χ1) is 14.1. The average molecular weight is 393 g/mol. The van der Waals surface area contributed by atoms with Gasteiger partial charge in [-0.2, -0.15) is 0 Å². The quantitative estimate of drug-likeness (QED) is 0.846. The van der Waals surface area contributed by atoms with Gasteiger partial charge in [0.1, 0.15) is 6.10 Å². The number of anilines is 1. The van der Waals surface area contributed by atoms with E-state index in [1.54, 1.807) is 4.90 Å². The number of aromatic nitrogens is 1. The maximum atomic E-state index is 12.7. The molecule has 2 aromatic rings. The van der Waals surface area contributed by atoms with Gasteiger partial charge < -0.3 is 15.0 Å². The number of nitrogens with zero attached hydrogens (tertiary/aromatic N) is 2. The van der Waals surface area contributed by atoms with E-state index in [-0.39, 0.29) is 36.3 Å². The van der Waals surface area contributed by atoms with Gasteiger partial charge in [0.25, 0.3) is 0 Å². The summed E-state index contributed by atoms with van der Waals surface area (Å²) in [5, 5.41) is 3.16. The van der Waals surface area contributed by atoms with Crippen molar-refractivity contribution in [3.63, 3.8) is 0 Å². The first-order valence-corrected chi connectivity index (χ1v) is 10.3. The van der Waals surface area contributed by atoms with Crippen LogP contribution >= 0.6 is 0 Å². The van der Waals surface area contributed by atoms with Crippen LogP contribution in [0.15, 0.2) is 48.7 Å². The Kier molecular flexibility index (Phi) is 5.79. The fraction of sp³-hybridized carbons (Fsp3) is 0.435. The Labute approximate surface area is 171 Å². The zero-order valence-electron chi connectivity index (χ0n) is 16.7. The molecule has 29 heavy (non-hydrogen) atoms. The van der Waals surface area contributed by atoms with Crippen LogP contribution in [0.2, 0.25) is 0 Å². The summed E-state index contributed by atoms with van der Waals surface area (Å²) in [4.78, 5) is 31.1. The molecule has 1 atom stereocenters. The summed E-state index contributed by atoms with van der Waals surface area (Å²) in [6.45, 7) is 2.45. The van der Waals surface area contributed by atoms with E-state index >= 15 is 0 Å². The normalized spacial score (nSPS) is 24.4. The van der Waals surface area contributed by atoms with E-state index in [2.05, 4.69) is 10.3 Å². The minimum Gasteiger partial charge on any atom is -0.474 e. The molecule has 0 bridgehead atoms. The molecule has 1 saturated heterocycles. The minimum atomic E-state index is -0.284. The number of ether oxygens (including phenoxy) is 1. The lowest BCUT2D eigenvalue weighted by Gasteiger charge is -2.29. The van der Waals surface area contributed by atoms with Crippen LogP contribution in [0, 0.1) is 12.8 Å². The first-order valence-electron chi connectivity index (χ1n) is 10.3. The van der Waals surface area contributed by atoms with Crippen molar-refractivity contribution in [1.29, 1.82) is 0 Å². The SMILES string of the molecule is Cc1ccc(OC2CCC(NC(=O)C3CC(=O)N(c4ccccc4)C3)CC2)nc1. The number of benzene rings is 1. The van der Waals surface area contributed by atoms with E-state index < -0.39 is 0 Å². The van der Waals surface area contributed by atoms with Gasteiger partial charge in [-0.05, 0) is 50.3 Å². The lowest BCUT2D eigenvalue weighted by molar-refractivity contribution is -0.127. The van der Waals surface area contributed by atoms with Crippen LogP contribution < -0.4 is 15.0 Å². The summed E-state index contributed by atoms with van der Waals surface area (Å²) in [6, 6.07) is 13.6. The number of nitrogens with one attached hydrogen (secondary N) is 1. The Hall–Kier alpha value is -2.89. The maximum absolute atomic E-state index is 12.7. The topological polar surface area (TPSA) is 71.5 Å². The molecule has 1 aromatic carbocycles. The van der Waals surface area contributed by atoms with E-state index in [4.69, 9.17) is 4.74 Å². The smallest absolute Gasteiger partial charge is 0.227 e. The van der Waals surface area contributed by atoms with Gasteiger partial charge in [-0.15, -0.1) is 0 Å². The molecule has 0 spiro atoms. The molecule has 2 fully saturated rings. The number of para-hydroxylation sites is 1. The molecule has 0 radical (unpaired) electrons. The largest absolute Gasteiger partial charge is 0.474 e. The van der Waals surface area contributed by atoms with E-state index in [0.29, 0.717) is 12.4 Å². The molecule has 152 valence electrons. The number of carbonyl (C=O) groups is 2. The minimum absolute atomic E-state index is 0.0126.